The van der Waals surface area contributed by atoms with E-state index in [4.69, 9.17) is 4.74 Å². The summed E-state index contributed by atoms with van der Waals surface area (Å²) in [6.07, 6.45) is 1.16. The molecular formula is C17H20FN5O2. The van der Waals surface area contributed by atoms with Gasteiger partial charge in [-0.05, 0) is 19.1 Å². The maximum Gasteiger partial charge on any atom is 0.409 e. The number of carbonyl (C=O) groups is 1. The van der Waals surface area contributed by atoms with Gasteiger partial charge in [-0.15, -0.1) is 0 Å². The van der Waals surface area contributed by atoms with Gasteiger partial charge in [0.2, 0.25) is 0 Å². The number of aromatic nitrogens is 2. The van der Waals surface area contributed by atoms with Crippen LogP contribution in [0.25, 0.3) is 0 Å². The molecule has 2 heterocycles. The van der Waals surface area contributed by atoms with Gasteiger partial charge in [-0.25, -0.2) is 19.2 Å². The van der Waals surface area contributed by atoms with E-state index in [0.717, 1.165) is 5.82 Å². The van der Waals surface area contributed by atoms with Gasteiger partial charge in [0.15, 0.2) is 0 Å². The molecule has 2 aromatic rings. The predicted molar refractivity (Wildman–Crippen MR) is 92.5 cm³/mol. The molecule has 0 saturated carbocycles. The second-order valence-electron chi connectivity index (χ2n) is 5.54. The van der Waals surface area contributed by atoms with Crippen LogP contribution in [0, 0.1) is 5.82 Å². The van der Waals surface area contributed by atoms with Crippen LogP contribution in [0.1, 0.15) is 6.92 Å². The number of piperazine rings is 1. The van der Waals surface area contributed by atoms with E-state index in [9.17, 15) is 9.18 Å². The van der Waals surface area contributed by atoms with Gasteiger partial charge in [0.25, 0.3) is 0 Å². The Morgan fingerprint density at radius 1 is 1.24 bits per heavy atom. The molecule has 0 unspecified atom stereocenters. The molecule has 1 N–H and O–H groups in total. The van der Waals surface area contributed by atoms with Crippen LogP contribution in [0.2, 0.25) is 0 Å². The van der Waals surface area contributed by atoms with E-state index in [1.54, 1.807) is 36.1 Å². The lowest BCUT2D eigenvalue weighted by Crippen LogP contribution is -2.49. The van der Waals surface area contributed by atoms with Crippen molar-refractivity contribution in [2.24, 2.45) is 0 Å². The Morgan fingerprint density at radius 3 is 2.72 bits per heavy atom. The Morgan fingerprint density at radius 2 is 2.00 bits per heavy atom. The first-order valence-electron chi connectivity index (χ1n) is 8.17. The molecule has 0 radical (unpaired) electrons. The van der Waals surface area contributed by atoms with Crippen molar-refractivity contribution in [1.82, 2.24) is 14.9 Å². The lowest BCUT2D eigenvalue weighted by molar-refractivity contribution is 0.105. The van der Waals surface area contributed by atoms with Gasteiger partial charge >= 0.3 is 6.09 Å². The molecule has 132 valence electrons. The van der Waals surface area contributed by atoms with Crippen molar-refractivity contribution >= 4 is 23.4 Å². The van der Waals surface area contributed by atoms with Gasteiger partial charge < -0.3 is 19.9 Å². The third-order valence-electron chi connectivity index (χ3n) is 3.92. The van der Waals surface area contributed by atoms with Crippen molar-refractivity contribution in [3.63, 3.8) is 0 Å². The lowest BCUT2D eigenvalue weighted by Gasteiger charge is -2.34. The number of hydrogen-bond donors (Lipinski definition) is 1. The summed E-state index contributed by atoms with van der Waals surface area (Å²) in [6.45, 7) is 4.59. The van der Waals surface area contributed by atoms with E-state index >= 15 is 0 Å². The van der Waals surface area contributed by atoms with Crippen molar-refractivity contribution in [2.75, 3.05) is 43.0 Å². The number of halogens is 1. The Hall–Kier alpha value is -2.90. The van der Waals surface area contributed by atoms with E-state index in [1.807, 2.05) is 0 Å². The average Bonchev–Trinajstić information content (AvgIpc) is 2.64. The summed E-state index contributed by atoms with van der Waals surface area (Å²) >= 11 is 0. The molecule has 0 aliphatic carbocycles. The van der Waals surface area contributed by atoms with Crippen molar-refractivity contribution in [3.05, 3.63) is 42.5 Å². The summed E-state index contributed by atoms with van der Waals surface area (Å²) in [5.41, 5.74) is 0.360. The number of para-hydroxylation sites is 1. The van der Waals surface area contributed by atoms with Crippen LogP contribution in [-0.2, 0) is 4.74 Å². The van der Waals surface area contributed by atoms with Gasteiger partial charge in [0, 0.05) is 32.2 Å². The minimum atomic E-state index is -0.342. The van der Waals surface area contributed by atoms with Gasteiger partial charge in [0.05, 0.1) is 12.3 Å². The van der Waals surface area contributed by atoms with E-state index in [2.05, 4.69) is 20.2 Å². The number of amides is 1. The van der Waals surface area contributed by atoms with E-state index in [-0.39, 0.29) is 11.9 Å². The highest BCUT2D eigenvalue weighted by atomic mass is 19.1. The molecule has 7 nitrogen and oxygen atoms in total. The van der Waals surface area contributed by atoms with Crippen LogP contribution in [0.15, 0.2) is 36.7 Å². The Kier molecular flexibility index (Phi) is 5.27. The summed E-state index contributed by atoms with van der Waals surface area (Å²) in [5.74, 6) is 0.908. The minimum Gasteiger partial charge on any atom is -0.450 e. The molecule has 1 saturated heterocycles. The highest BCUT2D eigenvalue weighted by Gasteiger charge is 2.22. The van der Waals surface area contributed by atoms with Gasteiger partial charge in [0.1, 0.15) is 23.8 Å². The standard InChI is InChI=1S/C17H20FN5O2/c1-2-25-17(24)23-9-7-22(8-10-23)16-11-15(19-12-20-16)21-14-6-4-3-5-13(14)18/h3-6,11-12H,2,7-10H2,1H3,(H,19,20,21). The maximum absolute atomic E-state index is 13.7. The van der Waals surface area contributed by atoms with Crippen molar-refractivity contribution in [2.45, 2.75) is 6.92 Å². The maximum atomic E-state index is 13.7. The fourth-order valence-electron chi connectivity index (χ4n) is 2.62. The zero-order chi connectivity index (χ0) is 17.6. The van der Waals surface area contributed by atoms with E-state index in [1.165, 1.54) is 12.4 Å². The van der Waals surface area contributed by atoms with Crippen LogP contribution >= 0.6 is 0 Å². The van der Waals surface area contributed by atoms with Crippen LogP contribution < -0.4 is 10.2 Å². The zero-order valence-electron chi connectivity index (χ0n) is 14.0. The van der Waals surface area contributed by atoms with E-state index in [0.29, 0.717) is 44.3 Å². The number of rotatable bonds is 4. The summed E-state index contributed by atoms with van der Waals surface area (Å²) < 4.78 is 18.8. The smallest absolute Gasteiger partial charge is 0.409 e. The number of ether oxygens (including phenoxy) is 1. The molecule has 1 aromatic heterocycles. The topological polar surface area (TPSA) is 70.6 Å². The molecule has 1 aliphatic rings. The normalized spacial score (nSPS) is 14.3. The summed E-state index contributed by atoms with van der Waals surface area (Å²) in [5, 5.41) is 2.96. The van der Waals surface area contributed by atoms with Gasteiger partial charge in [-0.1, -0.05) is 12.1 Å². The summed E-state index contributed by atoms with van der Waals surface area (Å²) in [4.78, 5) is 23.9. The Bertz CT molecular complexity index is 734. The lowest BCUT2D eigenvalue weighted by atomic mass is 10.3. The van der Waals surface area contributed by atoms with Crippen molar-refractivity contribution in [1.29, 1.82) is 0 Å². The van der Waals surface area contributed by atoms with Crippen molar-refractivity contribution in [3.8, 4) is 0 Å². The predicted octanol–water partition coefficient (Wildman–Crippen LogP) is 2.64. The molecular weight excluding hydrogens is 325 g/mol. The molecule has 0 spiro atoms. The van der Waals surface area contributed by atoms with Gasteiger partial charge in [-0.3, -0.25) is 0 Å². The summed E-state index contributed by atoms with van der Waals surface area (Å²) in [6, 6.07) is 8.19. The van der Waals surface area contributed by atoms with Crippen molar-refractivity contribution < 1.29 is 13.9 Å². The van der Waals surface area contributed by atoms with Gasteiger partial charge in [-0.2, -0.15) is 0 Å². The molecule has 0 atom stereocenters. The number of hydrogen-bond acceptors (Lipinski definition) is 6. The number of benzene rings is 1. The van der Waals surface area contributed by atoms with E-state index < -0.39 is 0 Å². The SMILES string of the molecule is CCOC(=O)N1CCN(c2cc(Nc3ccccc3F)ncn2)CC1. The van der Waals surface area contributed by atoms with Crippen LogP contribution in [-0.4, -0.2) is 53.7 Å². The molecule has 1 fully saturated rings. The van der Waals surface area contributed by atoms with Crippen LogP contribution in [0.3, 0.4) is 0 Å². The first-order valence-corrected chi connectivity index (χ1v) is 8.17. The summed E-state index contributed by atoms with van der Waals surface area (Å²) in [7, 11) is 0. The molecule has 1 aliphatic heterocycles. The fourth-order valence-corrected chi connectivity index (χ4v) is 2.62. The fraction of sp³-hybridized carbons (Fsp3) is 0.353. The molecule has 1 aromatic carbocycles. The highest BCUT2D eigenvalue weighted by Crippen LogP contribution is 2.21. The highest BCUT2D eigenvalue weighted by molar-refractivity contribution is 5.68. The Balaban J connectivity index is 1.64. The average molecular weight is 345 g/mol. The number of nitrogens with zero attached hydrogens (tertiary/aromatic N) is 4. The Labute approximate surface area is 145 Å². The first kappa shape index (κ1) is 16.9. The third-order valence-corrected chi connectivity index (χ3v) is 3.92. The monoisotopic (exact) mass is 345 g/mol. The number of nitrogens with one attached hydrogen (secondary N) is 1. The van der Waals surface area contributed by atoms with Crippen LogP contribution in [0.4, 0.5) is 26.5 Å². The quantitative estimate of drug-likeness (QED) is 0.919. The second kappa shape index (κ2) is 7.78. The number of anilines is 3. The first-order chi connectivity index (χ1) is 12.2. The molecule has 25 heavy (non-hydrogen) atoms. The van der Waals surface area contributed by atoms with Crippen LogP contribution in [0.5, 0.6) is 0 Å². The number of carbonyl (C=O) groups excluding carboxylic acids is 1. The third kappa shape index (κ3) is 4.14. The molecule has 0 bridgehead atoms. The second-order valence-corrected chi connectivity index (χ2v) is 5.54. The molecule has 8 heteroatoms. The molecule has 3 rings (SSSR count). The zero-order valence-corrected chi connectivity index (χ0v) is 14.0. The molecule has 1 amide bonds. The minimum absolute atomic E-state index is 0.285. The largest absolute Gasteiger partial charge is 0.450 e.